The van der Waals surface area contributed by atoms with Crippen molar-refractivity contribution in [1.29, 1.82) is 0 Å². The molecule has 1 aromatic rings. The van der Waals surface area contributed by atoms with Gasteiger partial charge in [0.25, 0.3) is 0 Å². The van der Waals surface area contributed by atoms with Gasteiger partial charge in [0.15, 0.2) is 5.76 Å². The number of rotatable bonds is 4. The monoisotopic (exact) mass is 329 g/mol. The lowest BCUT2D eigenvalue weighted by atomic mass is 9.72. The molecule has 1 aliphatic heterocycles. The molecule has 1 amide bonds. The summed E-state index contributed by atoms with van der Waals surface area (Å²) in [5.74, 6) is 0.118. The molecule has 9 heteroatoms. The molecule has 22 heavy (non-hydrogen) atoms. The van der Waals surface area contributed by atoms with E-state index in [9.17, 15) is 13.2 Å². The molecular formula is C13H19N3O5S. The summed E-state index contributed by atoms with van der Waals surface area (Å²) in [6, 6.07) is -0.727. The fourth-order valence-corrected chi connectivity index (χ4v) is 5.01. The maximum atomic E-state index is 12.6. The van der Waals surface area contributed by atoms with Crippen LogP contribution in [0.15, 0.2) is 9.42 Å². The molecule has 1 aromatic heterocycles. The predicted octanol–water partition coefficient (Wildman–Crippen LogP) is -0.138. The highest BCUT2D eigenvalue weighted by Gasteiger charge is 2.55. The third-order valence-corrected chi connectivity index (χ3v) is 5.99. The van der Waals surface area contributed by atoms with Gasteiger partial charge in [-0.25, -0.2) is 13.1 Å². The van der Waals surface area contributed by atoms with Crippen LogP contribution in [-0.4, -0.2) is 44.3 Å². The largest absolute Gasteiger partial charge is 0.376 e. The van der Waals surface area contributed by atoms with E-state index in [1.165, 1.54) is 6.92 Å². The van der Waals surface area contributed by atoms with Crippen LogP contribution in [0.4, 0.5) is 0 Å². The fraction of sp³-hybridized carbons (Fsp3) is 0.692. The Morgan fingerprint density at radius 1 is 1.32 bits per heavy atom. The van der Waals surface area contributed by atoms with E-state index in [0.29, 0.717) is 12.3 Å². The molecule has 2 aliphatic rings. The molecule has 4 atom stereocenters. The standard InChI is InChI=1S/C13H19N3O5S/c1-6-13(7(2)21-15-6)22(18,19)16-10-9-4-5-20-12(9)11(10)14-8(3)17/h9-12,16H,4-5H2,1-3H3,(H,14,17)/t9-,10+,11-,12-/m1/s1. The Labute approximate surface area is 128 Å². The van der Waals surface area contributed by atoms with Crippen molar-refractivity contribution in [2.75, 3.05) is 6.61 Å². The Bertz CT molecular complexity index is 679. The van der Waals surface area contributed by atoms with Gasteiger partial charge in [0.1, 0.15) is 10.6 Å². The highest BCUT2D eigenvalue weighted by Crippen LogP contribution is 2.40. The molecule has 0 unspecified atom stereocenters. The highest BCUT2D eigenvalue weighted by atomic mass is 32.2. The quantitative estimate of drug-likeness (QED) is 0.795. The van der Waals surface area contributed by atoms with Crippen molar-refractivity contribution in [3.05, 3.63) is 11.5 Å². The lowest BCUT2D eigenvalue weighted by molar-refractivity contribution is -0.123. The summed E-state index contributed by atoms with van der Waals surface area (Å²) in [4.78, 5) is 11.4. The van der Waals surface area contributed by atoms with Crippen molar-refractivity contribution >= 4 is 15.9 Å². The number of amides is 1. The zero-order chi connectivity index (χ0) is 16.1. The number of aromatic nitrogens is 1. The van der Waals surface area contributed by atoms with Crippen molar-refractivity contribution < 1.29 is 22.5 Å². The molecule has 8 nitrogen and oxygen atoms in total. The molecule has 3 rings (SSSR count). The number of nitrogens with zero attached hydrogens (tertiary/aromatic N) is 1. The van der Waals surface area contributed by atoms with Gasteiger partial charge in [0, 0.05) is 19.4 Å². The molecule has 0 bridgehead atoms. The Morgan fingerprint density at radius 3 is 2.64 bits per heavy atom. The maximum absolute atomic E-state index is 12.6. The van der Waals surface area contributed by atoms with Gasteiger partial charge in [-0.3, -0.25) is 4.79 Å². The molecule has 1 saturated heterocycles. The first-order valence-corrected chi connectivity index (χ1v) is 8.63. The minimum absolute atomic E-state index is 0.0661. The molecule has 0 spiro atoms. The average Bonchev–Trinajstić information content (AvgIpc) is 2.98. The summed E-state index contributed by atoms with van der Waals surface area (Å²) in [5.41, 5.74) is 0.319. The van der Waals surface area contributed by atoms with Gasteiger partial charge in [0.05, 0.1) is 18.2 Å². The van der Waals surface area contributed by atoms with Crippen LogP contribution in [0.5, 0.6) is 0 Å². The van der Waals surface area contributed by atoms with Crippen LogP contribution in [0.3, 0.4) is 0 Å². The number of carbonyl (C=O) groups is 1. The van der Waals surface area contributed by atoms with Gasteiger partial charge in [-0.05, 0) is 20.3 Å². The van der Waals surface area contributed by atoms with Crippen LogP contribution in [0.2, 0.25) is 0 Å². The molecule has 1 aliphatic carbocycles. The van der Waals surface area contributed by atoms with Crippen molar-refractivity contribution in [1.82, 2.24) is 15.2 Å². The summed E-state index contributed by atoms with van der Waals surface area (Å²) >= 11 is 0. The lowest BCUT2D eigenvalue weighted by Crippen LogP contribution is -2.70. The van der Waals surface area contributed by atoms with Crippen molar-refractivity contribution in [3.8, 4) is 0 Å². The second-order valence-corrected chi connectivity index (χ2v) is 7.47. The Kier molecular flexibility index (Phi) is 3.74. The molecular weight excluding hydrogens is 310 g/mol. The summed E-state index contributed by atoms with van der Waals surface area (Å²) in [6.07, 6.45) is 0.650. The van der Waals surface area contributed by atoms with E-state index in [1.807, 2.05) is 0 Å². The number of hydrogen-bond donors (Lipinski definition) is 2. The maximum Gasteiger partial charge on any atom is 0.246 e. The van der Waals surface area contributed by atoms with E-state index in [0.717, 1.165) is 6.42 Å². The van der Waals surface area contributed by atoms with Gasteiger partial charge < -0.3 is 14.6 Å². The van der Waals surface area contributed by atoms with E-state index in [1.54, 1.807) is 13.8 Å². The van der Waals surface area contributed by atoms with Crippen LogP contribution < -0.4 is 10.0 Å². The molecule has 2 N–H and O–H groups in total. The van der Waals surface area contributed by atoms with Crippen LogP contribution in [0.25, 0.3) is 0 Å². The van der Waals surface area contributed by atoms with Gasteiger partial charge in [-0.2, -0.15) is 0 Å². The molecule has 0 radical (unpaired) electrons. The van der Waals surface area contributed by atoms with Gasteiger partial charge in [-0.15, -0.1) is 0 Å². The van der Waals surface area contributed by atoms with Crippen LogP contribution in [-0.2, 0) is 19.6 Å². The second-order valence-electron chi connectivity index (χ2n) is 5.81. The van der Waals surface area contributed by atoms with Crippen molar-refractivity contribution in [2.24, 2.45) is 5.92 Å². The van der Waals surface area contributed by atoms with Gasteiger partial charge in [0.2, 0.25) is 15.9 Å². The predicted molar refractivity (Wildman–Crippen MR) is 75.5 cm³/mol. The van der Waals surface area contributed by atoms with Crippen LogP contribution in [0, 0.1) is 19.8 Å². The van der Waals surface area contributed by atoms with E-state index in [4.69, 9.17) is 9.26 Å². The first-order valence-electron chi connectivity index (χ1n) is 7.15. The van der Waals surface area contributed by atoms with Gasteiger partial charge in [-0.1, -0.05) is 5.16 Å². The Hall–Kier alpha value is -1.45. The summed E-state index contributed by atoms with van der Waals surface area (Å²) in [5, 5.41) is 6.45. The zero-order valence-corrected chi connectivity index (χ0v) is 13.4. The number of aryl methyl sites for hydroxylation is 2. The molecule has 2 fully saturated rings. The van der Waals surface area contributed by atoms with Crippen LogP contribution in [0.1, 0.15) is 24.8 Å². The number of nitrogens with one attached hydrogen (secondary N) is 2. The molecule has 0 aromatic carbocycles. The summed E-state index contributed by atoms with van der Waals surface area (Å²) in [6.45, 7) is 5.12. The minimum Gasteiger partial charge on any atom is -0.376 e. The number of sulfonamides is 1. The topological polar surface area (TPSA) is 111 Å². The normalized spacial score (nSPS) is 30.7. The van der Waals surface area contributed by atoms with Crippen molar-refractivity contribution in [3.63, 3.8) is 0 Å². The summed E-state index contributed by atoms with van der Waals surface area (Å²) in [7, 11) is -3.76. The van der Waals surface area contributed by atoms with E-state index < -0.39 is 10.0 Å². The van der Waals surface area contributed by atoms with Crippen molar-refractivity contribution in [2.45, 2.75) is 50.3 Å². The van der Waals surface area contributed by atoms with E-state index in [-0.39, 0.29) is 40.7 Å². The van der Waals surface area contributed by atoms with E-state index >= 15 is 0 Å². The molecule has 2 heterocycles. The number of hydrogen-bond acceptors (Lipinski definition) is 6. The second kappa shape index (κ2) is 5.32. The SMILES string of the molecule is CC(=O)N[C@@H]1[C@@H](NS(=O)(=O)c2c(C)noc2C)[C@H]2CCO[C@H]21. The highest BCUT2D eigenvalue weighted by molar-refractivity contribution is 7.89. The smallest absolute Gasteiger partial charge is 0.246 e. The van der Waals surface area contributed by atoms with Crippen LogP contribution >= 0.6 is 0 Å². The third-order valence-electron chi connectivity index (χ3n) is 4.28. The zero-order valence-electron chi connectivity index (χ0n) is 12.6. The molecule has 122 valence electrons. The number of fused-ring (bicyclic) bond motifs is 1. The molecule has 1 saturated carbocycles. The first-order chi connectivity index (χ1) is 10.3. The first kappa shape index (κ1) is 15.4. The number of ether oxygens (including phenoxy) is 1. The fourth-order valence-electron chi connectivity index (χ4n) is 3.37. The minimum atomic E-state index is -3.76. The number of carbonyl (C=O) groups excluding carboxylic acids is 1. The Morgan fingerprint density at radius 2 is 2.05 bits per heavy atom. The van der Waals surface area contributed by atoms with E-state index in [2.05, 4.69) is 15.2 Å². The third kappa shape index (κ3) is 2.42. The average molecular weight is 329 g/mol. The summed E-state index contributed by atoms with van der Waals surface area (Å²) < 4.78 is 38.4. The van der Waals surface area contributed by atoms with Gasteiger partial charge >= 0.3 is 0 Å². The Balaban J connectivity index is 1.83. The lowest BCUT2D eigenvalue weighted by Gasteiger charge is -2.47.